The predicted molar refractivity (Wildman–Crippen MR) is 66.5 cm³/mol. The minimum atomic E-state index is 0.510. The van der Waals surface area contributed by atoms with Gasteiger partial charge in [0.15, 0.2) is 0 Å². The van der Waals surface area contributed by atoms with E-state index in [0.29, 0.717) is 19.8 Å². The number of nitrogens with zero attached hydrogens (tertiary/aromatic N) is 2. The van der Waals surface area contributed by atoms with Crippen LogP contribution in [-0.2, 0) is 16.1 Å². The van der Waals surface area contributed by atoms with E-state index < -0.39 is 0 Å². The Balaban J connectivity index is 1.92. The highest BCUT2D eigenvalue weighted by atomic mass is 16.7. The first kappa shape index (κ1) is 12.7. The van der Waals surface area contributed by atoms with Crippen molar-refractivity contribution in [3.63, 3.8) is 0 Å². The van der Waals surface area contributed by atoms with Crippen molar-refractivity contribution in [3.8, 4) is 11.3 Å². The summed E-state index contributed by atoms with van der Waals surface area (Å²) in [5.41, 5.74) is 5.85. The van der Waals surface area contributed by atoms with Gasteiger partial charge in [-0.2, -0.15) is 10.6 Å². The molecule has 18 heavy (non-hydrogen) atoms. The van der Waals surface area contributed by atoms with E-state index in [1.165, 1.54) is 0 Å². The fraction of sp³-hybridized carbons (Fsp3) is 0.333. The average Bonchev–Trinajstić information content (AvgIpc) is 2.88. The van der Waals surface area contributed by atoms with Crippen molar-refractivity contribution in [2.24, 2.45) is 0 Å². The molecule has 0 saturated heterocycles. The second-order valence-electron chi connectivity index (χ2n) is 3.67. The number of methoxy groups -OCH3 is 1. The lowest BCUT2D eigenvalue weighted by atomic mass is 10.1. The Morgan fingerprint density at radius 3 is 3.06 bits per heavy atom. The summed E-state index contributed by atoms with van der Waals surface area (Å²) in [7, 11) is 1.64. The summed E-state index contributed by atoms with van der Waals surface area (Å²) in [6.45, 7) is 1.65. The van der Waals surface area contributed by atoms with Gasteiger partial charge in [0.25, 0.3) is 0 Å². The molecule has 0 aliphatic heterocycles. The number of rotatable bonds is 7. The van der Waals surface area contributed by atoms with Crippen LogP contribution in [0, 0.1) is 0 Å². The Hall–Kier alpha value is -1.76. The maximum absolute atomic E-state index is 5.21. The molecule has 0 saturated carbocycles. The van der Waals surface area contributed by atoms with Crippen molar-refractivity contribution in [2.75, 3.05) is 20.3 Å². The third-order valence-corrected chi connectivity index (χ3v) is 2.42. The van der Waals surface area contributed by atoms with E-state index in [-0.39, 0.29) is 0 Å². The highest BCUT2D eigenvalue weighted by Crippen LogP contribution is 2.19. The number of aromatic nitrogens is 3. The zero-order valence-corrected chi connectivity index (χ0v) is 10.2. The molecule has 96 valence electrons. The number of pyridine rings is 1. The highest BCUT2D eigenvalue weighted by Gasteiger charge is 2.07. The SMILES string of the molecule is COCCONCc1cn[nH]c1-c1cccnc1. The van der Waals surface area contributed by atoms with Crippen LogP contribution in [0.1, 0.15) is 5.56 Å². The molecule has 2 rings (SSSR count). The van der Waals surface area contributed by atoms with Gasteiger partial charge >= 0.3 is 0 Å². The van der Waals surface area contributed by atoms with Crippen LogP contribution in [0.3, 0.4) is 0 Å². The van der Waals surface area contributed by atoms with Gasteiger partial charge in [-0.3, -0.25) is 14.9 Å². The fourth-order valence-electron chi connectivity index (χ4n) is 1.53. The molecule has 0 radical (unpaired) electrons. The van der Waals surface area contributed by atoms with Crippen LogP contribution in [0.2, 0.25) is 0 Å². The van der Waals surface area contributed by atoms with Crippen molar-refractivity contribution in [2.45, 2.75) is 6.54 Å². The molecular weight excluding hydrogens is 232 g/mol. The standard InChI is InChI=1S/C12H16N4O2/c1-17-5-6-18-15-9-11-8-14-16-12(11)10-3-2-4-13-7-10/h2-4,7-8,15H,5-6,9H2,1H3,(H,14,16). The van der Waals surface area contributed by atoms with Gasteiger partial charge in [0.2, 0.25) is 0 Å². The number of ether oxygens (including phenoxy) is 1. The number of nitrogens with one attached hydrogen (secondary N) is 2. The first-order chi connectivity index (χ1) is 8.92. The summed E-state index contributed by atoms with van der Waals surface area (Å²) in [5.74, 6) is 0. The monoisotopic (exact) mass is 248 g/mol. The van der Waals surface area contributed by atoms with Crippen molar-refractivity contribution >= 4 is 0 Å². The predicted octanol–water partition coefficient (Wildman–Crippen LogP) is 1.14. The second kappa shape index (κ2) is 6.85. The number of hydrogen-bond donors (Lipinski definition) is 2. The number of aromatic amines is 1. The second-order valence-corrected chi connectivity index (χ2v) is 3.67. The molecule has 2 heterocycles. The summed E-state index contributed by atoms with van der Waals surface area (Å²) in [6.07, 6.45) is 5.31. The number of hydrogen-bond acceptors (Lipinski definition) is 5. The topological polar surface area (TPSA) is 72.1 Å². The molecule has 0 spiro atoms. The number of hydroxylamine groups is 1. The van der Waals surface area contributed by atoms with E-state index in [2.05, 4.69) is 20.7 Å². The first-order valence-electron chi connectivity index (χ1n) is 5.68. The average molecular weight is 248 g/mol. The van der Waals surface area contributed by atoms with Gasteiger partial charge in [0.05, 0.1) is 25.1 Å². The smallest absolute Gasteiger partial charge is 0.0916 e. The quantitative estimate of drug-likeness (QED) is 0.568. The van der Waals surface area contributed by atoms with Crippen LogP contribution in [0.4, 0.5) is 0 Å². The Morgan fingerprint density at radius 1 is 1.33 bits per heavy atom. The maximum atomic E-state index is 5.21. The Morgan fingerprint density at radius 2 is 2.28 bits per heavy atom. The van der Waals surface area contributed by atoms with Crippen LogP contribution in [0.25, 0.3) is 11.3 Å². The van der Waals surface area contributed by atoms with Crippen LogP contribution in [-0.4, -0.2) is 35.5 Å². The van der Waals surface area contributed by atoms with Crippen LogP contribution in [0.15, 0.2) is 30.7 Å². The molecule has 0 fully saturated rings. The van der Waals surface area contributed by atoms with Crippen LogP contribution >= 0.6 is 0 Å². The molecule has 2 N–H and O–H groups in total. The lowest BCUT2D eigenvalue weighted by molar-refractivity contribution is 0.00353. The maximum Gasteiger partial charge on any atom is 0.0916 e. The largest absolute Gasteiger partial charge is 0.382 e. The normalized spacial score (nSPS) is 10.7. The Labute approximate surface area is 105 Å². The zero-order valence-electron chi connectivity index (χ0n) is 10.2. The molecule has 0 bridgehead atoms. The molecule has 6 heteroatoms. The van der Waals surface area contributed by atoms with Gasteiger partial charge in [-0.25, -0.2) is 0 Å². The molecule has 0 unspecified atom stereocenters. The van der Waals surface area contributed by atoms with E-state index >= 15 is 0 Å². The van der Waals surface area contributed by atoms with Gasteiger partial charge in [0, 0.05) is 37.2 Å². The highest BCUT2D eigenvalue weighted by molar-refractivity contribution is 5.61. The molecule has 0 aliphatic rings. The summed E-state index contributed by atoms with van der Waals surface area (Å²) in [5, 5.41) is 7.00. The Bertz CT molecular complexity index is 458. The Kier molecular flexibility index (Phi) is 4.83. The molecule has 0 amide bonds. The van der Waals surface area contributed by atoms with E-state index in [1.54, 1.807) is 25.7 Å². The third-order valence-electron chi connectivity index (χ3n) is 2.42. The van der Waals surface area contributed by atoms with Crippen LogP contribution in [0.5, 0.6) is 0 Å². The van der Waals surface area contributed by atoms with Crippen molar-refractivity contribution in [1.82, 2.24) is 20.7 Å². The molecule has 2 aromatic heterocycles. The van der Waals surface area contributed by atoms with Gasteiger partial charge < -0.3 is 4.74 Å². The van der Waals surface area contributed by atoms with Crippen LogP contribution < -0.4 is 5.48 Å². The summed E-state index contributed by atoms with van der Waals surface area (Å²) >= 11 is 0. The fourth-order valence-corrected chi connectivity index (χ4v) is 1.53. The molecular formula is C12H16N4O2. The van der Waals surface area contributed by atoms with E-state index in [0.717, 1.165) is 16.8 Å². The number of H-pyrrole nitrogens is 1. The zero-order chi connectivity index (χ0) is 12.6. The molecule has 0 aliphatic carbocycles. The lowest BCUT2D eigenvalue weighted by Crippen LogP contribution is -2.17. The van der Waals surface area contributed by atoms with E-state index in [1.807, 2.05) is 12.1 Å². The molecule has 2 aromatic rings. The van der Waals surface area contributed by atoms with Crippen molar-refractivity contribution in [1.29, 1.82) is 0 Å². The minimum Gasteiger partial charge on any atom is -0.382 e. The third kappa shape index (κ3) is 3.36. The van der Waals surface area contributed by atoms with Crippen molar-refractivity contribution < 1.29 is 9.57 Å². The van der Waals surface area contributed by atoms with Gasteiger partial charge in [-0.1, -0.05) is 0 Å². The van der Waals surface area contributed by atoms with Crippen molar-refractivity contribution in [3.05, 3.63) is 36.3 Å². The first-order valence-corrected chi connectivity index (χ1v) is 5.68. The molecule has 0 aromatic carbocycles. The lowest BCUT2D eigenvalue weighted by Gasteiger charge is -2.05. The molecule has 6 nitrogen and oxygen atoms in total. The minimum absolute atomic E-state index is 0.510. The van der Waals surface area contributed by atoms with Gasteiger partial charge in [-0.05, 0) is 12.1 Å². The summed E-state index contributed by atoms with van der Waals surface area (Å²) < 4.78 is 4.88. The van der Waals surface area contributed by atoms with Gasteiger partial charge in [0.1, 0.15) is 0 Å². The van der Waals surface area contributed by atoms with E-state index in [9.17, 15) is 0 Å². The van der Waals surface area contributed by atoms with E-state index in [4.69, 9.17) is 9.57 Å². The van der Waals surface area contributed by atoms with Gasteiger partial charge in [-0.15, -0.1) is 0 Å². The summed E-state index contributed by atoms with van der Waals surface area (Å²) in [4.78, 5) is 9.29. The summed E-state index contributed by atoms with van der Waals surface area (Å²) in [6, 6.07) is 3.87. The molecule has 0 atom stereocenters.